The minimum absolute atomic E-state index is 0.0831. The maximum absolute atomic E-state index is 4.47. The zero-order valence-electron chi connectivity index (χ0n) is 11.1. The molecule has 0 saturated carbocycles. The summed E-state index contributed by atoms with van der Waals surface area (Å²) in [6, 6.07) is 8.51. The highest BCUT2D eigenvalue weighted by Crippen LogP contribution is 2.24. The van der Waals surface area contributed by atoms with Crippen LogP contribution in [0.15, 0.2) is 34.5 Å². The van der Waals surface area contributed by atoms with Gasteiger partial charge >= 0.3 is 0 Å². The van der Waals surface area contributed by atoms with Gasteiger partial charge in [0.15, 0.2) is 0 Å². The molecule has 2 rings (SSSR count). The van der Waals surface area contributed by atoms with Crippen LogP contribution in [0, 0.1) is 5.41 Å². The number of rotatable bonds is 1. The Balaban J connectivity index is 2.51. The molecule has 0 saturated heterocycles. The van der Waals surface area contributed by atoms with Crippen molar-refractivity contribution in [2.24, 2.45) is 15.6 Å². The standard InChI is InChI=1S/C15H20N2/c1-5-13-12-9-7-6-8-11(12)10-14(17-16-13)15(2,3)4/h6-9H,5,10H2,1-4H3. The highest BCUT2D eigenvalue weighted by molar-refractivity contribution is 6.05. The van der Waals surface area contributed by atoms with Gasteiger partial charge in [0.1, 0.15) is 0 Å². The summed E-state index contributed by atoms with van der Waals surface area (Å²) in [7, 11) is 0. The van der Waals surface area contributed by atoms with Gasteiger partial charge in [0, 0.05) is 17.4 Å². The summed E-state index contributed by atoms with van der Waals surface area (Å²) >= 11 is 0. The fraction of sp³-hybridized carbons (Fsp3) is 0.467. The Morgan fingerprint density at radius 1 is 1.12 bits per heavy atom. The van der Waals surface area contributed by atoms with Crippen LogP contribution in [0.25, 0.3) is 0 Å². The molecule has 2 nitrogen and oxygen atoms in total. The lowest BCUT2D eigenvalue weighted by Gasteiger charge is -2.20. The minimum Gasteiger partial charge on any atom is -0.159 e. The van der Waals surface area contributed by atoms with Gasteiger partial charge in [0.25, 0.3) is 0 Å². The Bertz CT molecular complexity index is 476. The van der Waals surface area contributed by atoms with Crippen molar-refractivity contribution in [3.63, 3.8) is 0 Å². The third-order valence-corrected chi connectivity index (χ3v) is 3.18. The van der Waals surface area contributed by atoms with Gasteiger partial charge in [0.05, 0.1) is 11.4 Å². The van der Waals surface area contributed by atoms with E-state index in [4.69, 9.17) is 0 Å². The molecule has 2 heteroatoms. The van der Waals surface area contributed by atoms with Gasteiger partial charge in [-0.15, -0.1) is 0 Å². The topological polar surface area (TPSA) is 24.7 Å². The summed E-state index contributed by atoms with van der Waals surface area (Å²) in [5.74, 6) is 0. The molecule has 1 heterocycles. The summed E-state index contributed by atoms with van der Waals surface area (Å²) in [6.45, 7) is 8.72. The molecule has 1 aliphatic heterocycles. The number of benzene rings is 1. The molecule has 0 spiro atoms. The normalized spacial score (nSPS) is 15.8. The average molecular weight is 228 g/mol. The predicted octanol–water partition coefficient (Wildman–Crippen LogP) is 3.84. The van der Waals surface area contributed by atoms with Crippen LogP contribution in [0.1, 0.15) is 45.2 Å². The highest BCUT2D eigenvalue weighted by Gasteiger charge is 2.23. The second-order valence-electron chi connectivity index (χ2n) is 5.53. The molecule has 17 heavy (non-hydrogen) atoms. The second-order valence-corrected chi connectivity index (χ2v) is 5.53. The summed E-state index contributed by atoms with van der Waals surface area (Å²) in [5.41, 5.74) is 4.95. The van der Waals surface area contributed by atoms with E-state index in [1.54, 1.807) is 0 Å². The van der Waals surface area contributed by atoms with E-state index in [0.29, 0.717) is 0 Å². The van der Waals surface area contributed by atoms with Gasteiger partial charge in [-0.25, -0.2) is 0 Å². The van der Waals surface area contributed by atoms with Gasteiger partial charge in [0.2, 0.25) is 0 Å². The maximum atomic E-state index is 4.47. The summed E-state index contributed by atoms with van der Waals surface area (Å²) in [5, 5.41) is 8.90. The molecule has 0 aliphatic carbocycles. The lowest BCUT2D eigenvalue weighted by molar-refractivity contribution is 0.579. The molecule has 0 radical (unpaired) electrons. The average Bonchev–Trinajstić information content (AvgIpc) is 2.47. The molecule has 90 valence electrons. The molecular formula is C15H20N2. The first kappa shape index (κ1) is 12.0. The Hall–Kier alpha value is -1.44. The van der Waals surface area contributed by atoms with Gasteiger partial charge in [-0.1, -0.05) is 52.0 Å². The molecule has 0 aromatic heterocycles. The molecule has 1 aromatic carbocycles. The molecule has 0 unspecified atom stereocenters. The quantitative estimate of drug-likeness (QED) is 0.697. The molecule has 0 fully saturated rings. The third-order valence-electron chi connectivity index (χ3n) is 3.18. The van der Waals surface area contributed by atoms with Crippen LogP contribution < -0.4 is 0 Å². The van der Waals surface area contributed by atoms with Gasteiger partial charge in [-0.3, -0.25) is 0 Å². The van der Waals surface area contributed by atoms with Gasteiger partial charge in [-0.2, -0.15) is 10.2 Å². The van der Waals surface area contributed by atoms with Gasteiger partial charge < -0.3 is 0 Å². The molecule has 1 aliphatic rings. The van der Waals surface area contributed by atoms with Crippen molar-refractivity contribution in [3.05, 3.63) is 35.4 Å². The van der Waals surface area contributed by atoms with Crippen LogP contribution in [-0.4, -0.2) is 11.4 Å². The van der Waals surface area contributed by atoms with Crippen molar-refractivity contribution in [2.75, 3.05) is 0 Å². The Morgan fingerprint density at radius 3 is 2.47 bits per heavy atom. The first-order valence-electron chi connectivity index (χ1n) is 6.24. The van der Waals surface area contributed by atoms with Crippen LogP contribution >= 0.6 is 0 Å². The van der Waals surface area contributed by atoms with Crippen molar-refractivity contribution >= 4 is 11.4 Å². The van der Waals surface area contributed by atoms with Gasteiger partial charge in [-0.05, 0) is 12.0 Å². The largest absolute Gasteiger partial charge is 0.159 e. The van der Waals surface area contributed by atoms with Crippen molar-refractivity contribution in [3.8, 4) is 0 Å². The Kier molecular flexibility index (Phi) is 3.14. The molecule has 0 bridgehead atoms. The summed E-state index contributed by atoms with van der Waals surface area (Å²) < 4.78 is 0. The zero-order chi connectivity index (χ0) is 12.5. The Morgan fingerprint density at radius 2 is 1.82 bits per heavy atom. The first-order valence-corrected chi connectivity index (χ1v) is 6.24. The summed E-state index contributed by atoms with van der Waals surface area (Å²) in [4.78, 5) is 0. The monoisotopic (exact) mass is 228 g/mol. The van der Waals surface area contributed by atoms with E-state index in [2.05, 4.69) is 62.2 Å². The van der Waals surface area contributed by atoms with Crippen LogP contribution in [-0.2, 0) is 6.42 Å². The number of hydrogen-bond acceptors (Lipinski definition) is 2. The predicted molar refractivity (Wildman–Crippen MR) is 73.9 cm³/mol. The fourth-order valence-electron chi connectivity index (χ4n) is 2.02. The van der Waals surface area contributed by atoms with Crippen LogP contribution in [0.4, 0.5) is 0 Å². The molecule has 1 aromatic rings. The van der Waals surface area contributed by atoms with E-state index in [9.17, 15) is 0 Å². The maximum Gasteiger partial charge on any atom is 0.0702 e. The van der Waals surface area contributed by atoms with Crippen molar-refractivity contribution < 1.29 is 0 Å². The van der Waals surface area contributed by atoms with E-state index in [1.807, 2.05) is 0 Å². The molecule has 0 amide bonds. The smallest absolute Gasteiger partial charge is 0.0702 e. The lowest BCUT2D eigenvalue weighted by Crippen LogP contribution is -2.22. The van der Waals surface area contributed by atoms with Crippen molar-refractivity contribution in [2.45, 2.75) is 40.5 Å². The Labute approximate surface area is 103 Å². The van der Waals surface area contributed by atoms with Crippen molar-refractivity contribution in [1.29, 1.82) is 0 Å². The van der Waals surface area contributed by atoms with Crippen LogP contribution in [0.3, 0.4) is 0 Å². The lowest BCUT2D eigenvalue weighted by atomic mass is 9.85. The molecular weight excluding hydrogens is 208 g/mol. The number of hydrogen-bond donors (Lipinski definition) is 0. The van der Waals surface area contributed by atoms with E-state index >= 15 is 0 Å². The number of fused-ring (bicyclic) bond motifs is 1. The van der Waals surface area contributed by atoms with E-state index in [1.165, 1.54) is 11.1 Å². The number of nitrogens with zero attached hydrogens (tertiary/aromatic N) is 2. The SMILES string of the molecule is CCC1=NN=C(C(C)(C)C)Cc2ccccc21. The van der Waals surface area contributed by atoms with Crippen molar-refractivity contribution in [1.82, 2.24) is 0 Å². The van der Waals surface area contributed by atoms with E-state index in [-0.39, 0.29) is 5.41 Å². The first-order chi connectivity index (χ1) is 8.02. The van der Waals surface area contributed by atoms with Crippen LogP contribution in [0.5, 0.6) is 0 Å². The second kappa shape index (κ2) is 4.44. The molecule has 0 N–H and O–H groups in total. The molecule has 0 atom stereocenters. The third kappa shape index (κ3) is 2.46. The zero-order valence-corrected chi connectivity index (χ0v) is 11.1. The van der Waals surface area contributed by atoms with E-state index < -0.39 is 0 Å². The van der Waals surface area contributed by atoms with E-state index in [0.717, 1.165) is 24.3 Å². The summed E-state index contributed by atoms with van der Waals surface area (Å²) in [6.07, 6.45) is 1.84. The van der Waals surface area contributed by atoms with Crippen LogP contribution in [0.2, 0.25) is 0 Å². The fourth-order valence-corrected chi connectivity index (χ4v) is 2.02. The highest BCUT2D eigenvalue weighted by atomic mass is 15.2. The minimum atomic E-state index is 0.0831.